The summed E-state index contributed by atoms with van der Waals surface area (Å²) in [6.07, 6.45) is 10.8. The molecule has 2 fully saturated rings. The van der Waals surface area contributed by atoms with Crippen LogP contribution in [-0.2, 0) is 11.3 Å². The first kappa shape index (κ1) is 15.0. The number of ether oxygens (including phenoxy) is 1. The summed E-state index contributed by atoms with van der Waals surface area (Å²) in [5.74, 6) is 1.02. The van der Waals surface area contributed by atoms with Crippen molar-refractivity contribution in [2.75, 3.05) is 26.3 Å². The van der Waals surface area contributed by atoms with E-state index in [9.17, 15) is 0 Å². The predicted octanol–water partition coefficient (Wildman–Crippen LogP) is 3.50. The van der Waals surface area contributed by atoms with Gasteiger partial charge in [0.2, 0.25) is 0 Å². The first-order chi connectivity index (χ1) is 10.3. The maximum absolute atomic E-state index is 5.83. The summed E-state index contributed by atoms with van der Waals surface area (Å²) < 4.78 is 5.83. The molecule has 0 aromatic carbocycles. The van der Waals surface area contributed by atoms with Crippen LogP contribution in [-0.4, -0.2) is 36.2 Å². The van der Waals surface area contributed by atoms with Crippen molar-refractivity contribution < 1.29 is 4.74 Å². The maximum atomic E-state index is 5.83. The second-order valence-electron chi connectivity index (χ2n) is 6.94. The fourth-order valence-electron chi connectivity index (χ4n) is 3.54. The Morgan fingerprint density at radius 1 is 1.43 bits per heavy atom. The molecule has 3 heteroatoms. The summed E-state index contributed by atoms with van der Waals surface area (Å²) in [5, 5.41) is 0. The van der Waals surface area contributed by atoms with Gasteiger partial charge in [-0.25, -0.2) is 0 Å². The van der Waals surface area contributed by atoms with E-state index in [2.05, 4.69) is 22.9 Å². The van der Waals surface area contributed by atoms with Crippen LogP contribution in [0.4, 0.5) is 0 Å². The molecule has 2 aliphatic rings. The van der Waals surface area contributed by atoms with Gasteiger partial charge in [-0.15, -0.1) is 0 Å². The monoisotopic (exact) mass is 288 g/mol. The molecule has 1 saturated carbocycles. The Balaban J connectivity index is 1.56. The Hall–Kier alpha value is -0.930. The van der Waals surface area contributed by atoms with Crippen LogP contribution in [0.5, 0.6) is 0 Å². The quantitative estimate of drug-likeness (QED) is 0.732. The number of likely N-dealkylation sites (tertiary alicyclic amines) is 1. The molecule has 1 saturated heterocycles. The Kier molecular flexibility index (Phi) is 4.91. The van der Waals surface area contributed by atoms with Gasteiger partial charge < -0.3 is 4.74 Å². The van der Waals surface area contributed by atoms with Crippen molar-refractivity contribution in [1.29, 1.82) is 0 Å². The number of nitrogens with zero attached hydrogens (tertiary/aromatic N) is 2. The van der Waals surface area contributed by atoms with Gasteiger partial charge in [0.15, 0.2) is 0 Å². The molecule has 3 rings (SSSR count). The zero-order valence-electron chi connectivity index (χ0n) is 13.3. The fourth-order valence-corrected chi connectivity index (χ4v) is 3.54. The highest BCUT2D eigenvalue weighted by molar-refractivity contribution is 5.09. The van der Waals surface area contributed by atoms with Crippen LogP contribution in [0.15, 0.2) is 24.5 Å². The van der Waals surface area contributed by atoms with Gasteiger partial charge in [-0.05, 0) is 50.3 Å². The largest absolute Gasteiger partial charge is 0.381 e. The third kappa shape index (κ3) is 4.27. The third-order valence-corrected chi connectivity index (χ3v) is 5.04. The van der Waals surface area contributed by atoms with Gasteiger partial charge in [-0.1, -0.05) is 18.9 Å². The average Bonchev–Trinajstić information content (AvgIpc) is 3.27. The lowest BCUT2D eigenvalue weighted by atomic mass is 9.82. The van der Waals surface area contributed by atoms with Gasteiger partial charge >= 0.3 is 0 Å². The van der Waals surface area contributed by atoms with Gasteiger partial charge in [0.25, 0.3) is 0 Å². The first-order valence-electron chi connectivity index (χ1n) is 8.49. The molecule has 1 aromatic rings. The van der Waals surface area contributed by atoms with Crippen molar-refractivity contribution in [3.8, 4) is 0 Å². The lowest BCUT2D eigenvalue weighted by molar-refractivity contribution is 0.0466. The van der Waals surface area contributed by atoms with E-state index >= 15 is 0 Å². The third-order valence-electron chi connectivity index (χ3n) is 5.04. The highest BCUT2D eigenvalue weighted by Gasteiger charge is 2.39. The molecular formula is C18H28N2O. The van der Waals surface area contributed by atoms with Gasteiger partial charge in [0, 0.05) is 37.5 Å². The van der Waals surface area contributed by atoms with Crippen LogP contribution >= 0.6 is 0 Å². The van der Waals surface area contributed by atoms with Crippen molar-refractivity contribution >= 4 is 0 Å². The van der Waals surface area contributed by atoms with E-state index in [-0.39, 0.29) is 0 Å². The fraction of sp³-hybridized carbons (Fsp3) is 0.722. The summed E-state index contributed by atoms with van der Waals surface area (Å²) in [5.41, 5.74) is 1.73. The maximum Gasteiger partial charge on any atom is 0.0535 e. The van der Waals surface area contributed by atoms with E-state index in [1.807, 2.05) is 18.5 Å². The number of rotatable bonds is 8. The highest BCUT2D eigenvalue weighted by atomic mass is 16.5. The van der Waals surface area contributed by atoms with E-state index in [0.717, 1.165) is 25.7 Å². The molecule has 0 amide bonds. The molecule has 2 heterocycles. The predicted molar refractivity (Wildman–Crippen MR) is 85.0 cm³/mol. The minimum atomic E-state index is 0.404. The smallest absolute Gasteiger partial charge is 0.0535 e. The van der Waals surface area contributed by atoms with E-state index in [4.69, 9.17) is 4.74 Å². The van der Waals surface area contributed by atoms with Crippen molar-refractivity contribution in [3.05, 3.63) is 30.1 Å². The van der Waals surface area contributed by atoms with Crippen LogP contribution in [0, 0.1) is 11.3 Å². The zero-order chi connectivity index (χ0) is 14.5. The van der Waals surface area contributed by atoms with Crippen LogP contribution < -0.4 is 0 Å². The molecule has 116 valence electrons. The molecule has 0 N–H and O–H groups in total. The van der Waals surface area contributed by atoms with Crippen molar-refractivity contribution in [2.45, 2.75) is 45.6 Å². The molecule has 1 atom stereocenters. The van der Waals surface area contributed by atoms with Crippen LogP contribution in [0.1, 0.15) is 44.6 Å². The number of pyridine rings is 1. The first-order valence-corrected chi connectivity index (χ1v) is 8.49. The molecule has 1 aliphatic heterocycles. The summed E-state index contributed by atoms with van der Waals surface area (Å²) in [6.45, 7) is 7.32. The summed E-state index contributed by atoms with van der Waals surface area (Å²) >= 11 is 0. The molecule has 3 nitrogen and oxygen atoms in total. The lowest BCUT2D eigenvalue weighted by Gasteiger charge is -2.29. The molecule has 21 heavy (non-hydrogen) atoms. The summed E-state index contributed by atoms with van der Waals surface area (Å²) in [7, 11) is 0. The minimum absolute atomic E-state index is 0.404. The molecule has 0 spiro atoms. The molecule has 0 radical (unpaired) electrons. The van der Waals surface area contributed by atoms with E-state index in [0.29, 0.717) is 5.41 Å². The van der Waals surface area contributed by atoms with E-state index in [1.54, 1.807) is 0 Å². The molecule has 1 unspecified atom stereocenters. The SMILES string of the molecule is CCOCC1(CCC2CC2)CCN(Cc2cccnc2)C1. The molecule has 0 bridgehead atoms. The van der Waals surface area contributed by atoms with Crippen molar-refractivity contribution in [3.63, 3.8) is 0 Å². The Labute approximate surface area is 128 Å². The number of hydrogen-bond donors (Lipinski definition) is 0. The highest BCUT2D eigenvalue weighted by Crippen LogP contribution is 2.42. The second kappa shape index (κ2) is 6.89. The van der Waals surface area contributed by atoms with E-state index in [1.165, 1.54) is 50.8 Å². The van der Waals surface area contributed by atoms with Crippen LogP contribution in [0.2, 0.25) is 0 Å². The standard InChI is InChI=1S/C18H28N2O/c1-2-21-15-18(8-7-16-5-6-16)9-11-20(14-18)13-17-4-3-10-19-12-17/h3-4,10,12,16H,2,5-9,11,13-15H2,1H3. The van der Waals surface area contributed by atoms with Crippen LogP contribution in [0.25, 0.3) is 0 Å². The topological polar surface area (TPSA) is 25.4 Å². The van der Waals surface area contributed by atoms with E-state index < -0.39 is 0 Å². The van der Waals surface area contributed by atoms with Crippen molar-refractivity contribution in [2.24, 2.45) is 11.3 Å². The Morgan fingerprint density at radius 2 is 2.33 bits per heavy atom. The van der Waals surface area contributed by atoms with Gasteiger partial charge in [-0.3, -0.25) is 9.88 Å². The molecular weight excluding hydrogens is 260 g/mol. The van der Waals surface area contributed by atoms with Crippen LogP contribution in [0.3, 0.4) is 0 Å². The Bertz CT molecular complexity index is 432. The number of hydrogen-bond acceptors (Lipinski definition) is 3. The second-order valence-corrected chi connectivity index (χ2v) is 6.94. The summed E-state index contributed by atoms with van der Waals surface area (Å²) in [6, 6.07) is 4.21. The lowest BCUT2D eigenvalue weighted by Crippen LogP contribution is -2.31. The normalized spacial score (nSPS) is 26.3. The molecule has 1 aromatic heterocycles. The van der Waals surface area contributed by atoms with Gasteiger partial charge in [0.1, 0.15) is 0 Å². The molecule has 1 aliphatic carbocycles. The van der Waals surface area contributed by atoms with Crippen molar-refractivity contribution in [1.82, 2.24) is 9.88 Å². The zero-order valence-corrected chi connectivity index (χ0v) is 13.3. The average molecular weight is 288 g/mol. The Morgan fingerprint density at radius 3 is 3.05 bits per heavy atom. The van der Waals surface area contributed by atoms with Gasteiger partial charge in [0.05, 0.1) is 6.61 Å². The number of aromatic nitrogens is 1. The minimum Gasteiger partial charge on any atom is -0.381 e. The summed E-state index contributed by atoms with van der Waals surface area (Å²) in [4.78, 5) is 6.82. The van der Waals surface area contributed by atoms with Gasteiger partial charge in [-0.2, -0.15) is 0 Å².